The highest BCUT2D eigenvalue weighted by molar-refractivity contribution is 6.33. The van der Waals surface area contributed by atoms with Gasteiger partial charge in [0.1, 0.15) is 0 Å². The molecule has 0 heterocycles. The van der Waals surface area contributed by atoms with E-state index in [9.17, 15) is 4.79 Å². The third-order valence-corrected chi connectivity index (χ3v) is 2.07. The zero-order chi connectivity index (χ0) is 11.3. The zero-order valence-corrected chi connectivity index (χ0v) is 9.34. The number of allylic oxidation sites excluding steroid dienone is 1. The molecule has 0 aliphatic carbocycles. The van der Waals surface area contributed by atoms with Gasteiger partial charge >= 0.3 is 5.97 Å². The fourth-order valence-corrected chi connectivity index (χ4v) is 1.23. The molecule has 1 rings (SSSR count). The van der Waals surface area contributed by atoms with Crippen molar-refractivity contribution in [1.82, 2.24) is 0 Å². The number of ether oxygens (including phenoxy) is 1. The molecule has 0 aliphatic heterocycles. The highest BCUT2D eigenvalue weighted by Gasteiger charge is 2.00. The van der Waals surface area contributed by atoms with Crippen LogP contribution in [0.3, 0.4) is 0 Å². The van der Waals surface area contributed by atoms with Crippen molar-refractivity contribution in [1.29, 1.82) is 0 Å². The van der Waals surface area contributed by atoms with Gasteiger partial charge in [-0.2, -0.15) is 0 Å². The first-order valence-corrected chi connectivity index (χ1v) is 4.79. The maximum atomic E-state index is 10.9. The second kappa shape index (κ2) is 5.41. The Morgan fingerprint density at radius 3 is 2.73 bits per heavy atom. The number of halogens is 1. The molecule has 1 aromatic rings. The van der Waals surface area contributed by atoms with Crippen molar-refractivity contribution < 1.29 is 9.53 Å². The monoisotopic (exact) mass is 225 g/mol. The first kappa shape index (κ1) is 11.6. The van der Waals surface area contributed by atoms with Gasteiger partial charge in [-0.05, 0) is 19.1 Å². The summed E-state index contributed by atoms with van der Waals surface area (Å²) in [7, 11) is 1.33. The van der Waals surface area contributed by atoms with Crippen LogP contribution < -0.4 is 5.32 Å². The van der Waals surface area contributed by atoms with Crippen molar-refractivity contribution >= 4 is 23.3 Å². The number of benzene rings is 1. The van der Waals surface area contributed by atoms with Gasteiger partial charge in [0.2, 0.25) is 0 Å². The van der Waals surface area contributed by atoms with E-state index in [0.717, 1.165) is 5.69 Å². The minimum absolute atomic E-state index is 0.396. The molecule has 0 saturated heterocycles. The molecule has 0 saturated carbocycles. The van der Waals surface area contributed by atoms with Crippen LogP contribution >= 0.6 is 11.6 Å². The largest absolute Gasteiger partial charge is 0.466 e. The smallest absolute Gasteiger partial charge is 0.332 e. The Bertz CT molecular complexity index is 388. The van der Waals surface area contributed by atoms with Gasteiger partial charge in [-0.25, -0.2) is 4.79 Å². The summed E-state index contributed by atoms with van der Waals surface area (Å²) >= 11 is 5.93. The lowest BCUT2D eigenvalue weighted by Crippen LogP contribution is -2.02. The van der Waals surface area contributed by atoms with Gasteiger partial charge in [0.05, 0.1) is 17.8 Å². The Morgan fingerprint density at radius 1 is 1.47 bits per heavy atom. The Morgan fingerprint density at radius 2 is 2.13 bits per heavy atom. The molecule has 0 spiro atoms. The third-order valence-electron chi connectivity index (χ3n) is 1.74. The normalized spacial score (nSPS) is 11.0. The zero-order valence-electron chi connectivity index (χ0n) is 8.58. The molecule has 0 aromatic heterocycles. The molecule has 0 amide bonds. The van der Waals surface area contributed by atoms with Crippen LogP contribution in [-0.4, -0.2) is 13.1 Å². The Kier molecular flexibility index (Phi) is 4.18. The number of para-hydroxylation sites is 1. The highest BCUT2D eigenvalue weighted by Crippen LogP contribution is 2.21. The predicted octanol–water partition coefficient (Wildman–Crippen LogP) is 2.83. The van der Waals surface area contributed by atoms with Gasteiger partial charge < -0.3 is 10.1 Å². The van der Waals surface area contributed by atoms with E-state index in [1.54, 1.807) is 13.0 Å². The lowest BCUT2D eigenvalue weighted by molar-refractivity contribution is -0.134. The molecule has 0 radical (unpaired) electrons. The standard InChI is InChI=1S/C11H12ClNO2/c1-8(7-11(14)15-2)13-10-6-4-3-5-9(10)12/h3-7,13H,1-2H3/b8-7+. The van der Waals surface area contributed by atoms with Gasteiger partial charge in [0, 0.05) is 11.8 Å². The Balaban J connectivity index is 2.74. The Labute approximate surface area is 93.7 Å². The van der Waals surface area contributed by atoms with Crippen LogP contribution in [0.4, 0.5) is 5.69 Å². The molecule has 0 aliphatic rings. The van der Waals surface area contributed by atoms with Gasteiger partial charge in [-0.1, -0.05) is 23.7 Å². The summed E-state index contributed by atoms with van der Waals surface area (Å²) in [6.45, 7) is 1.76. The van der Waals surface area contributed by atoms with Crippen LogP contribution in [0.2, 0.25) is 5.02 Å². The summed E-state index contributed by atoms with van der Waals surface area (Å²) in [5.74, 6) is -0.396. The molecular weight excluding hydrogens is 214 g/mol. The van der Waals surface area contributed by atoms with E-state index >= 15 is 0 Å². The highest BCUT2D eigenvalue weighted by atomic mass is 35.5. The van der Waals surface area contributed by atoms with E-state index in [-0.39, 0.29) is 0 Å². The fourth-order valence-electron chi connectivity index (χ4n) is 1.05. The molecule has 3 nitrogen and oxygen atoms in total. The number of rotatable bonds is 3. The number of hydrogen-bond acceptors (Lipinski definition) is 3. The molecule has 1 N–H and O–H groups in total. The van der Waals surface area contributed by atoms with E-state index in [1.165, 1.54) is 13.2 Å². The third kappa shape index (κ3) is 3.64. The molecule has 0 fully saturated rings. The van der Waals surface area contributed by atoms with Crippen LogP contribution in [0.15, 0.2) is 36.0 Å². The van der Waals surface area contributed by atoms with E-state index in [1.807, 2.05) is 18.2 Å². The summed E-state index contributed by atoms with van der Waals surface area (Å²) in [6, 6.07) is 7.30. The van der Waals surface area contributed by atoms with Crippen LogP contribution in [-0.2, 0) is 9.53 Å². The summed E-state index contributed by atoms with van der Waals surface area (Å²) in [4.78, 5) is 10.9. The molecule has 4 heteroatoms. The van der Waals surface area contributed by atoms with E-state index < -0.39 is 5.97 Å². The van der Waals surface area contributed by atoms with Crippen molar-refractivity contribution in [3.63, 3.8) is 0 Å². The van der Waals surface area contributed by atoms with Crippen molar-refractivity contribution in [2.75, 3.05) is 12.4 Å². The van der Waals surface area contributed by atoms with Crippen molar-refractivity contribution in [2.24, 2.45) is 0 Å². The number of nitrogens with one attached hydrogen (secondary N) is 1. The van der Waals surface area contributed by atoms with E-state index in [2.05, 4.69) is 10.1 Å². The number of hydrogen-bond donors (Lipinski definition) is 1. The van der Waals surface area contributed by atoms with Crippen molar-refractivity contribution in [3.05, 3.63) is 41.1 Å². The van der Waals surface area contributed by atoms with Crippen LogP contribution in [0.25, 0.3) is 0 Å². The van der Waals surface area contributed by atoms with E-state index in [0.29, 0.717) is 10.7 Å². The van der Waals surface area contributed by atoms with Gasteiger partial charge in [-0.15, -0.1) is 0 Å². The second-order valence-corrected chi connectivity index (χ2v) is 3.36. The molecule has 1 aromatic carbocycles. The average Bonchev–Trinajstić information content (AvgIpc) is 2.21. The quantitative estimate of drug-likeness (QED) is 0.635. The summed E-state index contributed by atoms with van der Waals surface area (Å²) in [5.41, 5.74) is 1.44. The van der Waals surface area contributed by atoms with Gasteiger partial charge in [0.15, 0.2) is 0 Å². The molecule has 0 bridgehead atoms. The number of carbonyl (C=O) groups excluding carboxylic acids is 1. The van der Waals surface area contributed by atoms with Crippen molar-refractivity contribution in [3.8, 4) is 0 Å². The molecule has 80 valence electrons. The van der Waals surface area contributed by atoms with Gasteiger partial charge in [-0.3, -0.25) is 0 Å². The second-order valence-electron chi connectivity index (χ2n) is 2.96. The minimum atomic E-state index is -0.396. The number of anilines is 1. The van der Waals surface area contributed by atoms with Crippen LogP contribution in [0.1, 0.15) is 6.92 Å². The maximum absolute atomic E-state index is 10.9. The average molecular weight is 226 g/mol. The van der Waals surface area contributed by atoms with E-state index in [4.69, 9.17) is 11.6 Å². The molecule has 15 heavy (non-hydrogen) atoms. The maximum Gasteiger partial charge on any atom is 0.332 e. The molecule has 0 unspecified atom stereocenters. The van der Waals surface area contributed by atoms with Crippen LogP contribution in [0.5, 0.6) is 0 Å². The Hall–Kier alpha value is -1.48. The lowest BCUT2D eigenvalue weighted by Gasteiger charge is -2.07. The minimum Gasteiger partial charge on any atom is -0.466 e. The predicted molar refractivity (Wildman–Crippen MR) is 60.8 cm³/mol. The molecular formula is C11H12ClNO2. The van der Waals surface area contributed by atoms with Crippen molar-refractivity contribution in [2.45, 2.75) is 6.92 Å². The first-order valence-electron chi connectivity index (χ1n) is 4.41. The van der Waals surface area contributed by atoms with Gasteiger partial charge in [0.25, 0.3) is 0 Å². The topological polar surface area (TPSA) is 38.3 Å². The number of methoxy groups -OCH3 is 1. The number of carbonyl (C=O) groups is 1. The molecule has 0 atom stereocenters. The summed E-state index contributed by atoms with van der Waals surface area (Å²) in [6.07, 6.45) is 1.36. The fraction of sp³-hybridized carbons (Fsp3) is 0.182. The lowest BCUT2D eigenvalue weighted by atomic mass is 10.3. The first-order chi connectivity index (χ1) is 7.13. The number of esters is 1. The SMILES string of the molecule is COC(=O)/C=C(\C)Nc1ccccc1Cl. The summed E-state index contributed by atoms with van der Waals surface area (Å²) in [5, 5.41) is 3.61. The van der Waals surface area contributed by atoms with Crippen LogP contribution in [0, 0.1) is 0 Å². The summed E-state index contributed by atoms with van der Waals surface area (Å²) < 4.78 is 4.50.